The molecule has 0 atom stereocenters. The van der Waals surface area contributed by atoms with Crippen LogP contribution in [0.3, 0.4) is 0 Å². The fraction of sp³-hybridized carbons (Fsp3) is 0.259. The van der Waals surface area contributed by atoms with Crippen LogP contribution in [-0.4, -0.2) is 59.8 Å². The lowest BCUT2D eigenvalue weighted by atomic mass is 9.98. The summed E-state index contributed by atoms with van der Waals surface area (Å²) in [5.74, 6) is -1.51. The third kappa shape index (κ3) is 3.64. The SMILES string of the molecule is O=C1NC(=O)C(c2cnc3ccccn23)=C1c1cn2c3c(cc(F)cc13)CN(C(=O)SN1CCCC1)CC2. The summed E-state index contributed by atoms with van der Waals surface area (Å²) >= 11 is 1.23. The molecular weight excluding hydrogens is 507 g/mol. The maximum absolute atomic E-state index is 15.0. The lowest BCUT2D eigenvalue weighted by Crippen LogP contribution is -2.31. The van der Waals surface area contributed by atoms with Crippen molar-refractivity contribution in [3.63, 3.8) is 0 Å². The van der Waals surface area contributed by atoms with Crippen LogP contribution in [0.4, 0.5) is 9.18 Å². The van der Waals surface area contributed by atoms with E-state index >= 15 is 4.39 Å². The number of imide groups is 1. The maximum Gasteiger partial charge on any atom is 0.297 e. The molecule has 1 N–H and O–H groups in total. The van der Waals surface area contributed by atoms with Gasteiger partial charge in [-0.3, -0.25) is 24.1 Å². The highest BCUT2D eigenvalue weighted by Crippen LogP contribution is 2.39. The van der Waals surface area contributed by atoms with Gasteiger partial charge in [-0.15, -0.1) is 0 Å². The smallest absolute Gasteiger partial charge is 0.297 e. The predicted octanol–water partition coefficient (Wildman–Crippen LogP) is 3.67. The summed E-state index contributed by atoms with van der Waals surface area (Å²) in [6.07, 6.45) is 7.32. The van der Waals surface area contributed by atoms with Crippen LogP contribution < -0.4 is 5.32 Å². The molecule has 6 heterocycles. The molecule has 38 heavy (non-hydrogen) atoms. The van der Waals surface area contributed by atoms with Gasteiger partial charge in [0.2, 0.25) is 0 Å². The lowest BCUT2D eigenvalue weighted by molar-refractivity contribution is -0.122. The fourth-order valence-electron chi connectivity index (χ4n) is 5.68. The molecule has 0 unspecified atom stereocenters. The lowest BCUT2D eigenvalue weighted by Gasteiger charge is -2.23. The second-order valence-corrected chi connectivity index (χ2v) is 10.8. The van der Waals surface area contributed by atoms with Gasteiger partial charge in [-0.05, 0) is 42.7 Å². The average molecular weight is 531 g/mol. The van der Waals surface area contributed by atoms with Gasteiger partial charge in [-0.1, -0.05) is 6.07 Å². The number of aromatic nitrogens is 3. The van der Waals surface area contributed by atoms with Crippen LogP contribution in [0.15, 0.2) is 48.9 Å². The van der Waals surface area contributed by atoms with Gasteiger partial charge in [0, 0.05) is 68.0 Å². The highest BCUT2D eigenvalue weighted by Gasteiger charge is 2.36. The summed E-state index contributed by atoms with van der Waals surface area (Å²) < 4.78 is 20.8. The van der Waals surface area contributed by atoms with Gasteiger partial charge in [0.05, 0.1) is 28.6 Å². The molecule has 3 aromatic heterocycles. The van der Waals surface area contributed by atoms with Crippen molar-refractivity contribution < 1.29 is 18.8 Å². The summed E-state index contributed by atoms with van der Waals surface area (Å²) in [4.78, 5) is 45.4. The molecule has 0 radical (unpaired) electrons. The van der Waals surface area contributed by atoms with Crippen molar-refractivity contribution in [2.24, 2.45) is 0 Å². The normalized spacial score (nSPS) is 18.2. The zero-order valence-electron chi connectivity index (χ0n) is 20.3. The molecule has 1 saturated heterocycles. The Bertz CT molecular complexity index is 1700. The zero-order chi connectivity index (χ0) is 26.0. The molecular formula is C27H23FN6O3S. The topological polar surface area (TPSA) is 92.0 Å². The van der Waals surface area contributed by atoms with E-state index in [1.807, 2.05) is 22.8 Å². The standard InChI is InChI=1S/C27H23FN6O3S/c28-17-11-16-14-32(27(37)38-33-6-3-4-7-33)10-9-31-15-19(18(12-17)24(16)31)22-23(26(36)30-25(22)35)20-13-29-21-5-1-2-8-34(20)21/h1-2,5,8,11-13,15H,3-4,6-7,9-10,14H2,(H,30,35,36). The summed E-state index contributed by atoms with van der Waals surface area (Å²) in [5, 5.41) is 2.90. The number of nitrogens with zero attached hydrogens (tertiary/aromatic N) is 5. The number of nitrogens with one attached hydrogen (secondary N) is 1. The number of benzene rings is 1. The molecule has 0 spiro atoms. The van der Waals surface area contributed by atoms with Gasteiger partial charge in [0.15, 0.2) is 0 Å². The Kier molecular flexibility index (Phi) is 5.38. The Labute approximate surface area is 221 Å². The van der Waals surface area contributed by atoms with Gasteiger partial charge >= 0.3 is 0 Å². The van der Waals surface area contributed by atoms with E-state index in [9.17, 15) is 14.4 Å². The monoisotopic (exact) mass is 530 g/mol. The molecule has 7 rings (SSSR count). The number of imidazole rings is 1. The highest BCUT2D eigenvalue weighted by molar-refractivity contribution is 8.11. The minimum absolute atomic E-state index is 0.0475. The minimum atomic E-state index is -0.531. The van der Waals surface area contributed by atoms with Crippen LogP contribution in [0.2, 0.25) is 0 Å². The van der Waals surface area contributed by atoms with Gasteiger partial charge in [-0.2, -0.15) is 0 Å². The van der Waals surface area contributed by atoms with Crippen molar-refractivity contribution in [1.29, 1.82) is 0 Å². The summed E-state index contributed by atoms with van der Waals surface area (Å²) in [7, 11) is 0. The number of fused-ring (bicyclic) bond motifs is 1. The van der Waals surface area contributed by atoms with Gasteiger partial charge < -0.3 is 9.47 Å². The second-order valence-electron chi connectivity index (χ2n) is 9.72. The molecule has 0 bridgehead atoms. The Balaban J connectivity index is 1.35. The quantitative estimate of drug-likeness (QED) is 0.321. The van der Waals surface area contributed by atoms with Crippen molar-refractivity contribution in [3.8, 4) is 0 Å². The second kappa shape index (κ2) is 8.81. The van der Waals surface area contributed by atoms with E-state index in [-0.39, 0.29) is 22.9 Å². The average Bonchev–Trinajstić information content (AvgIpc) is 3.65. The molecule has 4 aromatic rings. The van der Waals surface area contributed by atoms with Crippen LogP contribution >= 0.6 is 11.9 Å². The van der Waals surface area contributed by atoms with Crippen molar-refractivity contribution >= 4 is 56.7 Å². The Morgan fingerprint density at radius 1 is 1.03 bits per heavy atom. The Morgan fingerprint density at radius 3 is 2.68 bits per heavy atom. The third-order valence-electron chi connectivity index (χ3n) is 7.39. The molecule has 9 nitrogen and oxygen atoms in total. The summed E-state index contributed by atoms with van der Waals surface area (Å²) in [6, 6.07) is 8.33. The third-order valence-corrected chi connectivity index (χ3v) is 8.43. The minimum Gasteiger partial charge on any atom is -0.345 e. The van der Waals surface area contributed by atoms with E-state index in [1.54, 1.807) is 27.9 Å². The number of hydrogen-bond donors (Lipinski definition) is 1. The number of rotatable bonds is 3. The van der Waals surface area contributed by atoms with Crippen molar-refractivity contribution in [1.82, 2.24) is 28.5 Å². The number of hydrogen-bond acceptors (Lipinski definition) is 6. The molecule has 1 fully saturated rings. The molecule has 0 saturated carbocycles. The van der Waals surface area contributed by atoms with Gasteiger partial charge in [0.1, 0.15) is 11.5 Å². The number of amides is 3. The van der Waals surface area contributed by atoms with E-state index in [1.165, 1.54) is 24.1 Å². The first-order valence-corrected chi connectivity index (χ1v) is 13.3. The van der Waals surface area contributed by atoms with Crippen LogP contribution in [0, 0.1) is 5.82 Å². The van der Waals surface area contributed by atoms with E-state index in [2.05, 4.69) is 14.6 Å². The first-order valence-electron chi connectivity index (χ1n) is 12.5. The number of carbonyl (C=O) groups is 3. The molecule has 3 amide bonds. The maximum atomic E-state index is 15.0. The molecule has 11 heteroatoms. The molecule has 3 aliphatic heterocycles. The predicted molar refractivity (Wildman–Crippen MR) is 141 cm³/mol. The molecule has 0 aliphatic carbocycles. The Hall–Kier alpha value is -3.96. The van der Waals surface area contributed by atoms with E-state index < -0.39 is 17.6 Å². The first kappa shape index (κ1) is 23.2. The number of pyridine rings is 1. The molecule has 3 aliphatic rings. The van der Waals surface area contributed by atoms with Crippen molar-refractivity contribution in [2.75, 3.05) is 19.6 Å². The zero-order valence-corrected chi connectivity index (χ0v) is 21.1. The van der Waals surface area contributed by atoms with Crippen LogP contribution in [-0.2, 0) is 22.7 Å². The molecule has 192 valence electrons. The largest absolute Gasteiger partial charge is 0.345 e. The van der Waals surface area contributed by atoms with Gasteiger partial charge in [-0.25, -0.2) is 13.7 Å². The molecule has 1 aromatic carbocycles. The first-order chi connectivity index (χ1) is 18.5. The van der Waals surface area contributed by atoms with Crippen molar-refractivity contribution in [3.05, 3.63) is 71.6 Å². The van der Waals surface area contributed by atoms with Crippen LogP contribution in [0.1, 0.15) is 29.7 Å². The van der Waals surface area contributed by atoms with E-state index in [4.69, 9.17) is 0 Å². The van der Waals surface area contributed by atoms with Crippen LogP contribution in [0.25, 0.3) is 27.7 Å². The van der Waals surface area contributed by atoms with E-state index in [0.29, 0.717) is 40.9 Å². The Morgan fingerprint density at radius 2 is 1.84 bits per heavy atom. The van der Waals surface area contributed by atoms with Crippen LogP contribution in [0.5, 0.6) is 0 Å². The van der Waals surface area contributed by atoms with Gasteiger partial charge in [0.25, 0.3) is 17.1 Å². The summed E-state index contributed by atoms with van der Waals surface area (Å²) in [6.45, 7) is 2.98. The summed E-state index contributed by atoms with van der Waals surface area (Å²) in [5.41, 5.74) is 3.44. The highest BCUT2D eigenvalue weighted by atomic mass is 32.2. The number of halogens is 1. The number of carbonyl (C=O) groups excluding carboxylic acids is 3. The fourth-order valence-corrected chi connectivity index (χ4v) is 6.61. The van der Waals surface area contributed by atoms with E-state index in [0.717, 1.165) is 31.4 Å². The van der Waals surface area contributed by atoms with Crippen molar-refractivity contribution in [2.45, 2.75) is 25.9 Å².